The minimum Gasteiger partial charge on any atom is -0.377 e. The molecule has 3 rings (SSSR count). The van der Waals surface area contributed by atoms with Gasteiger partial charge in [0.2, 0.25) is 0 Å². The molecule has 0 spiro atoms. The lowest BCUT2D eigenvalue weighted by molar-refractivity contribution is 0.177. The van der Waals surface area contributed by atoms with Crippen LogP contribution in [0.4, 0.5) is 10.9 Å². The van der Waals surface area contributed by atoms with Crippen molar-refractivity contribution in [1.82, 2.24) is 15.0 Å². The molecule has 2 aromatic rings. The fourth-order valence-electron chi connectivity index (χ4n) is 2.68. The van der Waals surface area contributed by atoms with E-state index in [1.807, 2.05) is 25.1 Å². The van der Waals surface area contributed by atoms with Gasteiger partial charge in [0.25, 0.3) is 0 Å². The summed E-state index contributed by atoms with van der Waals surface area (Å²) in [6.07, 6.45) is 1.97. The van der Waals surface area contributed by atoms with E-state index in [2.05, 4.69) is 25.6 Å². The smallest absolute Gasteiger partial charge is 0.185 e. The van der Waals surface area contributed by atoms with Gasteiger partial charge in [-0.05, 0) is 12.8 Å². The van der Waals surface area contributed by atoms with E-state index in [0.717, 1.165) is 35.2 Å². The molecule has 1 aliphatic rings. The second kappa shape index (κ2) is 7.42. The molecule has 0 radical (unpaired) electrons. The Hall–Kier alpha value is -1.77. The van der Waals surface area contributed by atoms with Crippen LogP contribution >= 0.6 is 11.3 Å². The van der Waals surface area contributed by atoms with Gasteiger partial charge in [-0.2, -0.15) is 0 Å². The van der Waals surface area contributed by atoms with Crippen LogP contribution in [0.15, 0.2) is 11.4 Å². The summed E-state index contributed by atoms with van der Waals surface area (Å²) >= 11 is 1.63. The summed E-state index contributed by atoms with van der Waals surface area (Å²) in [6, 6.07) is 2.32. The van der Waals surface area contributed by atoms with Crippen molar-refractivity contribution in [3.05, 3.63) is 28.7 Å². The number of ether oxygens (including phenoxy) is 1. The van der Waals surface area contributed by atoms with Crippen molar-refractivity contribution >= 4 is 22.3 Å². The topological polar surface area (TPSA) is 89.2 Å². The van der Waals surface area contributed by atoms with Crippen molar-refractivity contribution in [2.24, 2.45) is 5.73 Å². The summed E-state index contributed by atoms with van der Waals surface area (Å²) in [6.45, 7) is 1.04. The van der Waals surface area contributed by atoms with Crippen LogP contribution in [0.2, 0.25) is 0 Å². The van der Waals surface area contributed by atoms with Gasteiger partial charge in [-0.15, -0.1) is 11.3 Å². The zero-order valence-electron chi connectivity index (χ0n) is 14.3. The van der Waals surface area contributed by atoms with Crippen molar-refractivity contribution in [3.63, 3.8) is 0 Å². The molecule has 1 aliphatic carbocycles. The van der Waals surface area contributed by atoms with Gasteiger partial charge >= 0.3 is 0 Å². The SMILES string of the molecule is COCc1nc(NCc2csc(N(C)C)n2)cc(C2CC(N)C2)n1. The highest BCUT2D eigenvalue weighted by Gasteiger charge is 2.29. The van der Waals surface area contributed by atoms with Crippen molar-refractivity contribution in [3.8, 4) is 0 Å². The molecule has 130 valence electrons. The molecule has 7 nitrogen and oxygen atoms in total. The normalized spacial score (nSPS) is 19.8. The molecule has 1 fully saturated rings. The first kappa shape index (κ1) is 17.1. The number of nitrogens with zero attached hydrogens (tertiary/aromatic N) is 4. The quantitative estimate of drug-likeness (QED) is 0.790. The van der Waals surface area contributed by atoms with Crippen LogP contribution in [0.25, 0.3) is 0 Å². The Balaban J connectivity index is 1.71. The van der Waals surface area contributed by atoms with E-state index >= 15 is 0 Å². The molecule has 0 atom stereocenters. The maximum absolute atomic E-state index is 5.91. The molecule has 0 bridgehead atoms. The number of nitrogens with one attached hydrogen (secondary N) is 1. The first-order valence-corrected chi connectivity index (χ1v) is 8.91. The van der Waals surface area contributed by atoms with Gasteiger partial charge in [-0.3, -0.25) is 0 Å². The maximum atomic E-state index is 5.91. The molecule has 24 heavy (non-hydrogen) atoms. The molecule has 3 N–H and O–H groups in total. The van der Waals surface area contributed by atoms with Gasteiger partial charge < -0.3 is 20.7 Å². The second-order valence-electron chi connectivity index (χ2n) is 6.33. The van der Waals surface area contributed by atoms with Gasteiger partial charge in [-0.25, -0.2) is 15.0 Å². The highest BCUT2D eigenvalue weighted by molar-refractivity contribution is 7.13. The lowest BCUT2D eigenvalue weighted by atomic mass is 9.78. The molecule has 0 amide bonds. The van der Waals surface area contributed by atoms with Crippen LogP contribution in [0.1, 0.15) is 36.0 Å². The number of anilines is 2. The molecule has 2 heterocycles. The van der Waals surface area contributed by atoms with Crippen LogP contribution in [-0.2, 0) is 17.9 Å². The zero-order valence-corrected chi connectivity index (χ0v) is 15.1. The summed E-state index contributed by atoms with van der Waals surface area (Å²) in [4.78, 5) is 15.7. The molecule has 0 saturated heterocycles. The number of thiazole rings is 1. The van der Waals surface area contributed by atoms with Gasteiger partial charge in [0.05, 0.1) is 12.2 Å². The van der Waals surface area contributed by atoms with Crippen LogP contribution < -0.4 is 16.0 Å². The van der Waals surface area contributed by atoms with Gasteiger partial charge in [0, 0.05) is 50.3 Å². The van der Waals surface area contributed by atoms with E-state index in [1.165, 1.54) is 0 Å². The molecule has 8 heteroatoms. The Morgan fingerprint density at radius 1 is 1.33 bits per heavy atom. The Bertz CT molecular complexity index is 683. The standard InChI is InChI=1S/C16H24N6OS/c1-22(2)16-19-12(9-24-16)7-18-14-6-13(10-4-11(17)5-10)20-15(21-14)8-23-3/h6,9-11H,4-5,7-8,17H2,1-3H3,(H,18,20,21). The molecule has 0 aliphatic heterocycles. The Kier molecular flexibility index (Phi) is 5.27. The first-order chi connectivity index (χ1) is 11.5. The zero-order chi connectivity index (χ0) is 17.1. The fraction of sp³-hybridized carbons (Fsp3) is 0.562. The molecular formula is C16H24N6OS. The largest absolute Gasteiger partial charge is 0.377 e. The van der Waals surface area contributed by atoms with Crippen molar-refractivity contribution < 1.29 is 4.74 Å². The van der Waals surface area contributed by atoms with Crippen molar-refractivity contribution in [2.75, 3.05) is 31.4 Å². The van der Waals surface area contributed by atoms with Gasteiger partial charge in [-0.1, -0.05) is 0 Å². The van der Waals surface area contributed by atoms with Gasteiger partial charge in [0.1, 0.15) is 12.4 Å². The summed E-state index contributed by atoms with van der Waals surface area (Å²) < 4.78 is 5.19. The van der Waals surface area contributed by atoms with Crippen LogP contribution in [0.5, 0.6) is 0 Å². The molecule has 1 saturated carbocycles. The molecule has 0 aromatic carbocycles. The van der Waals surface area contributed by atoms with E-state index in [-0.39, 0.29) is 0 Å². The third-order valence-electron chi connectivity index (χ3n) is 4.03. The van der Waals surface area contributed by atoms with E-state index in [4.69, 9.17) is 10.5 Å². The molecular weight excluding hydrogens is 324 g/mol. The Morgan fingerprint density at radius 2 is 2.12 bits per heavy atom. The van der Waals surface area contributed by atoms with E-state index in [1.54, 1.807) is 18.4 Å². The lowest BCUT2D eigenvalue weighted by Gasteiger charge is -2.32. The van der Waals surface area contributed by atoms with Crippen molar-refractivity contribution in [2.45, 2.75) is 38.0 Å². The average Bonchev–Trinajstić information content (AvgIpc) is 2.99. The van der Waals surface area contributed by atoms with E-state index < -0.39 is 0 Å². The van der Waals surface area contributed by atoms with Crippen molar-refractivity contribution in [1.29, 1.82) is 0 Å². The van der Waals surface area contributed by atoms with Crippen LogP contribution in [0, 0.1) is 0 Å². The van der Waals surface area contributed by atoms with E-state index in [9.17, 15) is 0 Å². The summed E-state index contributed by atoms with van der Waals surface area (Å²) in [5, 5.41) is 6.41. The minimum absolute atomic E-state index is 0.298. The number of hydrogen-bond acceptors (Lipinski definition) is 8. The third-order valence-corrected chi connectivity index (χ3v) is 5.09. The summed E-state index contributed by atoms with van der Waals surface area (Å²) in [7, 11) is 5.64. The summed E-state index contributed by atoms with van der Waals surface area (Å²) in [5.41, 5.74) is 7.96. The first-order valence-electron chi connectivity index (χ1n) is 8.03. The highest BCUT2D eigenvalue weighted by Crippen LogP contribution is 2.35. The number of aromatic nitrogens is 3. The Morgan fingerprint density at radius 3 is 2.75 bits per heavy atom. The molecule has 2 aromatic heterocycles. The lowest BCUT2D eigenvalue weighted by Crippen LogP contribution is -2.35. The van der Waals surface area contributed by atoms with Crippen LogP contribution in [0.3, 0.4) is 0 Å². The van der Waals surface area contributed by atoms with E-state index in [0.29, 0.717) is 30.9 Å². The summed E-state index contributed by atoms with van der Waals surface area (Å²) in [5.74, 6) is 1.94. The minimum atomic E-state index is 0.298. The number of hydrogen-bond donors (Lipinski definition) is 2. The number of methoxy groups -OCH3 is 1. The Labute approximate surface area is 146 Å². The highest BCUT2D eigenvalue weighted by atomic mass is 32.1. The monoisotopic (exact) mass is 348 g/mol. The fourth-order valence-corrected chi connectivity index (χ4v) is 3.44. The predicted octanol–water partition coefficient (Wildman–Crippen LogP) is 1.96. The molecule has 0 unspecified atom stereocenters. The average molecular weight is 348 g/mol. The second-order valence-corrected chi connectivity index (χ2v) is 7.16. The predicted molar refractivity (Wildman–Crippen MR) is 96.5 cm³/mol. The number of nitrogens with two attached hydrogens (primary N) is 1. The van der Waals surface area contributed by atoms with Crippen LogP contribution in [-0.4, -0.2) is 42.2 Å². The number of rotatable bonds is 7. The maximum Gasteiger partial charge on any atom is 0.185 e. The third kappa shape index (κ3) is 4.00. The van der Waals surface area contributed by atoms with Gasteiger partial charge in [0.15, 0.2) is 11.0 Å².